The summed E-state index contributed by atoms with van der Waals surface area (Å²) in [5.74, 6) is 0.458. The zero-order valence-electron chi connectivity index (χ0n) is 13.7. The maximum Gasteiger partial charge on any atom is 0.225 e. The summed E-state index contributed by atoms with van der Waals surface area (Å²) < 4.78 is 5.32. The van der Waals surface area contributed by atoms with E-state index in [1.165, 1.54) is 0 Å². The van der Waals surface area contributed by atoms with Crippen molar-refractivity contribution in [3.05, 3.63) is 0 Å². The third-order valence-electron chi connectivity index (χ3n) is 4.69. The topological polar surface area (TPSA) is 53.0 Å². The van der Waals surface area contributed by atoms with Gasteiger partial charge in [-0.1, -0.05) is 20.8 Å². The third-order valence-corrected chi connectivity index (χ3v) is 4.69. The Balaban J connectivity index is 1.76. The van der Waals surface area contributed by atoms with Crippen LogP contribution in [0.4, 0.5) is 0 Å². The first-order valence-electron chi connectivity index (χ1n) is 8.15. The van der Waals surface area contributed by atoms with Crippen LogP contribution in [-0.4, -0.2) is 72.9 Å². The molecule has 0 aliphatic carbocycles. The van der Waals surface area contributed by atoms with Crippen LogP contribution in [0.15, 0.2) is 0 Å². The third kappa shape index (κ3) is 4.66. The SMILES string of the molecule is CC(C)(C)[C@@H](O)CN1CCN(C(=O)C2CCOCC2)CC1. The van der Waals surface area contributed by atoms with Gasteiger partial charge in [0.2, 0.25) is 5.91 Å². The summed E-state index contributed by atoms with van der Waals surface area (Å²) in [5, 5.41) is 10.2. The standard InChI is InChI=1S/C16H30N2O3/c1-16(2,3)14(19)12-17-6-8-18(9-7-17)15(20)13-4-10-21-11-5-13/h13-14,19H,4-12H2,1-3H3/t14-/m0/s1. The molecular weight excluding hydrogens is 268 g/mol. The number of carbonyl (C=O) groups excluding carboxylic acids is 1. The molecule has 1 N–H and O–H groups in total. The second kappa shape index (κ2) is 7.07. The summed E-state index contributed by atoms with van der Waals surface area (Å²) in [4.78, 5) is 16.7. The molecule has 21 heavy (non-hydrogen) atoms. The lowest BCUT2D eigenvalue weighted by Crippen LogP contribution is -2.53. The molecule has 1 atom stereocenters. The molecule has 0 aromatic carbocycles. The van der Waals surface area contributed by atoms with Gasteiger partial charge in [-0.15, -0.1) is 0 Å². The van der Waals surface area contributed by atoms with Crippen LogP contribution in [0.5, 0.6) is 0 Å². The number of rotatable bonds is 3. The number of piperazine rings is 1. The molecule has 2 aliphatic heterocycles. The van der Waals surface area contributed by atoms with E-state index in [-0.39, 0.29) is 17.4 Å². The normalized spacial score (nSPS) is 24.1. The van der Waals surface area contributed by atoms with E-state index >= 15 is 0 Å². The van der Waals surface area contributed by atoms with Gasteiger partial charge in [0, 0.05) is 51.9 Å². The number of amides is 1. The smallest absolute Gasteiger partial charge is 0.225 e. The van der Waals surface area contributed by atoms with Crippen LogP contribution >= 0.6 is 0 Å². The summed E-state index contributed by atoms with van der Waals surface area (Å²) in [7, 11) is 0. The van der Waals surface area contributed by atoms with Crippen molar-refractivity contribution in [2.24, 2.45) is 11.3 Å². The van der Waals surface area contributed by atoms with Crippen LogP contribution in [0.25, 0.3) is 0 Å². The first-order chi connectivity index (χ1) is 9.88. The Morgan fingerprint density at radius 2 is 1.76 bits per heavy atom. The highest BCUT2D eigenvalue weighted by molar-refractivity contribution is 5.79. The highest BCUT2D eigenvalue weighted by atomic mass is 16.5. The average Bonchev–Trinajstić information content (AvgIpc) is 2.47. The van der Waals surface area contributed by atoms with Crippen LogP contribution < -0.4 is 0 Å². The molecule has 0 spiro atoms. The summed E-state index contributed by atoms with van der Waals surface area (Å²) >= 11 is 0. The fourth-order valence-electron chi connectivity index (χ4n) is 2.87. The van der Waals surface area contributed by atoms with Crippen LogP contribution in [0, 0.1) is 11.3 Å². The largest absolute Gasteiger partial charge is 0.391 e. The van der Waals surface area contributed by atoms with Crippen molar-refractivity contribution in [3.8, 4) is 0 Å². The number of aliphatic hydroxyl groups is 1. The van der Waals surface area contributed by atoms with Crippen molar-refractivity contribution >= 4 is 5.91 Å². The first kappa shape index (κ1) is 16.7. The molecule has 2 heterocycles. The maximum absolute atomic E-state index is 12.4. The van der Waals surface area contributed by atoms with Crippen molar-refractivity contribution in [2.75, 3.05) is 45.9 Å². The Labute approximate surface area is 128 Å². The molecule has 0 aromatic heterocycles. The molecular formula is C16H30N2O3. The van der Waals surface area contributed by atoms with Crippen molar-refractivity contribution in [1.82, 2.24) is 9.80 Å². The van der Waals surface area contributed by atoms with Gasteiger partial charge in [0.15, 0.2) is 0 Å². The molecule has 0 aromatic rings. The van der Waals surface area contributed by atoms with Crippen molar-refractivity contribution < 1.29 is 14.6 Å². The minimum absolute atomic E-state index is 0.0882. The predicted octanol–water partition coefficient (Wildman–Crippen LogP) is 0.964. The number of hydrogen-bond acceptors (Lipinski definition) is 4. The first-order valence-corrected chi connectivity index (χ1v) is 8.15. The minimum atomic E-state index is -0.324. The molecule has 0 radical (unpaired) electrons. The Kier molecular flexibility index (Phi) is 5.63. The Morgan fingerprint density at radius 1 is 1.19 bits per heavy atom. The van der Waals surface area contributed by atoms with E-state index in [0.29, 0.717) is 25.7 Å². The molecule has 2 rings (SSSR count). The highest BCUT2D eigenvalue weighted by Gasteiger charge is 2.30. The second-order valence-electron chi connectivity index (χ2n) is 7.39. The molecule has 5 heteroatoms. The van der Waals surface area contributed by atoms with E-state index in [2.05, 4.69) is 25.7 Å². The van der Waals surface area contributed by atoms with E-state index in [4.69, 9.17) is 4.74 Å². The fourth-order valence-corrected chi connectivity index (χ4v) is 2.87. The summed E-state index contributed by atoms with van der Waals surface area (Å²) in [5.41, 5.74) is -0.0882. The molecule has 2 saturated heterocycles. The van der Waals surface area contributed by atoms with E-state index < -0.39 is 0 Å². The Hall–Kier alpha value is -0.650. The summed E-state index contributed by atoms with van der Waals surface area (Å²) in [6.07, 6.45) is 1.40. The molecule has 1 amide bonds. The quantitative estimate of drug-likeness (QED) is 0.843. The number of aliphatic hydroxyl groups excluding tert-OH is 1. The molecule has 0 unspecified atom stereocenters. The van der Waals surface area contributed by atoms with Gasteiger partial charge in [0.25, 0.3) is 0 Å². The predicted molar refractivity (Wildman–Crippen MR) is 82.0 cm³/mol. The number of ether oxygens (including phenoxy) is 1. The van der Waals surface area contributed by atoms with Gasteiger partial charge in [-0.25, -0.2) is 0 Å². The lowest BCUT2D eigenvalue weighted by molar-refractivity contribution is -0.140. The highest BCUT2D eigenvalue weighted by Crippen LogP contribution is 2.21. The molecule has 2 fully saturated rings. The number of carbonyl (C=O) groups is 1. The van der Waals surface area contributed by atoms with Crippen LogP contribution in [0.2, 0.25) is 0 Å². The van der Waals surface area contributed by atoms with E-state index in [1.807, 2.05) is 4.90 Å². The zero-order valence-corrected chi connectivity index (χ0v) is 13.7. The van der Waals surface area contributed by atoms with Crippen LogP contribution in [0.3, 0.4) is 0 Å². The molecule has 122 valence electrons. The monoisotopic (exact) mass is 298 g/mol. The molecule has 5 nitrogen and oxygen atoms in total. The number of hydrogen-bond donors (Lipinski definition) is 1. The van der Waals surface area contributed by atoms with Gasteiger partial charge in [0.05, 0.1) is 6.10 Å². The number of nitrogens with zero attached hydrogens (tertiary/aromatic N) is 2. The molecule has 2 aliphatic rings. The van der Waals surface area contributed by atoms with Gasteiger partial charge in [0.1, 0.15) is 0 Å². The van der Waals surface area contributed by atoms with E-state index in [9.17, 15) is 9.90 Å². The molecule has 0 bridgehead atoms. The van der Waals surface area contributed by atoms with Crippen molar-refractivity contribution in [3.63, 3.8) is 0 Å². The Morgan fingerprint density at radius 3 is 2.29 bits per heavy atom. The van der Waals surface area contributed by atoms with Gasteiger partial charge < -0.3 is 14.7 Å². The molecule has 0 saturated carbocycles. The van der Waals surface area contributed by atoms with Crippen LogP contribution in [-0.2, 0) is 9.53 Å². The fraction of sp³-hybridized carbons (Fsp3) is 0.938. The zero-order chi connectivity index (χ0) is 15.5. The van der Waals surface area contributed by atoms with Crippen molar-refractivity contribution in [2.45, 2.75) is 39.7 Å². The van der Waals surface area contributed by atoms with Crippen LogP contribution in [0.1, 0.15) is 33.6 Å². The lowest BCUT2D eigenvalue weighted by atomic mass is 9.89. The van der Waals surface area contributed by atoms with Gasteiger partial charge in [-0.2, -0.15) is 0 Å². The lowest BCUT2D eigenvalue weighted by Gasteiger charge is -2.39. The summed E-state index contributed by atoms with van der Waals surface area (Å²) in [6.45, 7) is 11.6. The maximum atomic E-state index is 12.4. The van der Waals surface area contributed by atoms with Gasteiger partial charge in [-0.05, 0) is 18.3 Å². The van der Waals surface area contributed by atoms with E-state index in [0.717, 1.165) is 39.0 Å². The Bertz CT molecular complexity index is 340. The van der Waals surface area contributed by atoms with Gasteiger partial charge >= 0.3 is 0 Å². The van der Waals surface area contributed by atoms with E-state index in [1.54, 1.807) is 0 Å². The number of β-amino-alcohol motifs (C(OH)–C–C–N with tert-alkyl or cyclic N) is 1. The average molecular weight is 298 g/mol. The van der Waals surface area contributed by atoms with Gasteiger partial charge in [-0.3, -0.25) is 9.69 Å². The second-order valence-corrected chi connectivity index (χ2v) is 7.39. The van der Waals surface area contributed by atoms with Crippen molar-refractivity contribution in [1.29, 1.82) is 0 Å². The minimum Gasteiger partial charge on any atom is -0.391 e. The summed E-state index contributed by atoms with van der Waals surface area (Å²) in [6, 6.07) is 0.